The SMILES string of the molecule is NC(=O)c1ccccc1CS(=O)(=O)CCC(=O)N(C1CNCC1=O)S(=O)(=O)c1ccccc1. The molecule has 10 nitrogen and oxygen atoms in total. The zero-order valence-electron chi connectivity index (χ0n) is 17.5. The summed E-state index contributed by atoms with van der Waals surface area (Å²) in [5, 5.41) is 2.73. The number of nitrogens with one attached hydrogen (secondary N) is 1. The van der Waals surface area contributed by atoms with Crippen molar-refractivity contribution in [3.63, 3.8) is 0 Å². The largest absolute Gasteiger partial charge is 0.366 e. The van der Waals surface area contributed by atoms with Crippen LogP contribution in [0, 0.1) is 0 Å². The van der Waals surface area contributed by atoms with Crippen LogP contribution in [-0.2, 0) is 35.2 Å². The molecule has 2 aromatic rings. The van der Waals surface area contributed by atoms with Gasteiger partial charge in [0.15, 0.2) is 15.6 Å². The van der Waals surface area contributed by atoms with Gasteiger partial charge in [0.2, 0.25) is 11.8 Å². The summed E-state index contributed by atoms with van der Waals surface area (Å²) in [5.41, 5.74) is 5.51. The van der Waals surface area contributed by atoms with E-state index in [-0.39, 0.29) is 29.1 Å². The summed E-state index contributed by atoms with van der Waals surface area (Å²) < 4.78 is 52.1. The van der Waals surface area contributed by atoms with Crippen molar-refractivity contribution in [1.82, 2.24) is 9.62 Å². The Labute approximate surface area is 191 Å². The molecular formula is C21H23N3O7S2. The molecule has 1 aliphatic rings. The molecule has 0 aliphatic carbocycles. The Balaban J connectivity index is 1.83. The molecule has 0 spiro atoms. The number of nitrogens with zero attached hydrogens (tertiary/aromatic N) is 1. The fourth-order valence-electron chi connectivity index (χ4n) is 3.51. The number of carbonyl (C=O) groups is 3. The number of sulfone groups is 1. The summed E-state index contributed by atoms with van der Waals surface area (Å²) in [7, 11) is -8.31. The van der Waals surface area contributed by atoms with Crippen LogP contribution in [0.2, 0.25) is 0 Å². The topological polar surface area (TPSA) is 161 Å². The predicted molar refractivity (Wildman–Crippen MR) is 119 cm³/mol. The molecule has 3 rings (SSSR count). The average Bonchev–Trinajstić information content (AvgIpc) is 3.18. The van der Waals surface area contributed by atoms with E-state index in [0.29, 0.717) is 4.31 Å². The molecule has 176 valence electrons. The van der Waals surface area contributed by atoms with E-state index >= 15 is 0 Å². The first-order valence-corrected chi connectivity index (χ1v) is 13.2. The Morgan fingerprint density at radius 1 is 1.00 bits per heavy atom. The molecule has 1 atom stereocenters. The van der Waals surface area contributed by atoms with Gasteiger partial charge in [-0.2, -0.15) is 0 Å². The number of benzene rings is 2. The number of amides is 2. The Bertz CT molecular complexity index is 1280. The second-order valence-electron chi connectivity index (χ2n) is 7.48. The van der Waals surface area contributed by atoms with E-state index in [1.807, 2.05) is 0 Å². The van der Waals surface area contributed by atoms with Gasteiger partial charge in [-0.3, -0.25) is 14.4 Å². The van der Waals surface area contributed by atoms with Gasteiger partial charge in [-0.05, 0) is 23.8 Å². The monoisotopic (exact) mass is 493 g/mol. The summed E-state index contributed by atoms with van der Waals surface area (Å²) >= 11 is 0. The highest BCUT2D eigenvalue weighted by Gasteiger charge is 2.41. The van der Waals surface area contributed by atoms with E-state index in [0.717, 1.165) is 0 Å². The molecule has 0 radical (unpaired) electrons. The lowest BCUT2D eigenvalue weighted by Crippen LogP contribution is -2.49. The summed E-state index contributed by atoms with van der Waals surface area (Å²) in [6, 6.07) is 11.8. The molecule has 1 saturated heterocycles. The third-order valence-electron chi connectivity index (χ3n) is 5.12. The number of hydrogen-bond donors (Lipinski definition) is 2. The molecule has 33 heavy (non-hydrogen) atoms. The molecule has 1 aliphatic heterocycles. The van der Waals surface area contributed by atoms with Gasteiger partial charge in [0.25, 0.3) is 10.0 Å². The predicted octanol–water partition coefficient (Wildman–Crippen LogP) is -0.151. The molecule has 1 fully saturated rings. The number of primary amides is 1. The van der Waals surface area contributed by atoms with E-state index in [4.69, 9.17) is 5.73 Å². The highest BCUT2D eigenvalue weighted by molar-refractivity contribution is 7.90. The van der Waals surface area contributed by atoms with E-state index in [2.05, 4.69) is 5.32 Å². The first-order chi connectivity index (χ1) is 15.5. The first kappa shape index (κ1) is 24.6. The quantitative estimate of drug-likeness (QED) is 0.487. The number of Topliss-reactive ketones (excluding diaryl/α,β-unsaturated/α-hetero) is 1. The van der Waals surface area contributed by atoms with Crippen LogP contribution in [0.1, 0.15) is 22.3 Å². The molecular weight excluding hydrogens is 470 g/mol. The van der Waals surface area contributed by atoms with Crippen molar-refractivity contribution in [2.24, 2.45) is 5.73 Å². The molecule has 1 unspecified atom stereocenters. The van der Waals surface area contributed by atoms with Gasteiger partial charge in [-0.1, -0.05) is 36.4 Å². The molecule has 0 bridgehead atoms. The summed E-state index contributed by atoms with van der Waals surface area (Å²) in [4.78, 5) is 36.6. The minimum atomic E-state index is -4.39. The molecule has 12 heteroatoms. The highest BCUT2D eigenvalue weighted by atomic mass is 32.2. The maximum Gasteiger partial charge on any atom is 0.267 e. The van der Waals surface area contributed by atoms with Crippen molar-refractivity contribution in [1.29, 1.82) is 0 Å². The Morgan fingerprint density at radius 3 is 2.24 bits per heavy atom. The van der Waals surface area contributed by atoms with E-state index in [9.17, 15) is 31.2 Å². The standard InChI is InChI=1S/C21H23N3O7S2/c22-21(27)17-9-5-4-6-15(17)14-32(28,29)11-10-20(26)24(18-12-23-13-19(18)25)33(30,31)16-7-2-1-3-8-16/h1-9,18,23H,10-14H2,(H2,22,27). The van der Waals surface area contributed by atoms with Crippen LogP contribution < -0.4 is 11.1 Å². The summed E-state index contributed by atoms with van der Waals surface area (Å²) in [6.07, 6.45) is -0.656. The lowest BCUT2D eigenvalue weighted by atomic mass is 10.1. The second kappa shape index (κ2) is 9.81. The van der Waals surface area contributed by atoms with Crippen LogP contribution in [-0.4, -0.2) is 63.6 Å². The number of nitrogens with two attached hydrogens (primary N) is 1. The van der Waals surface area contributed by atoms with Gasteiger partial charge in [0.05, 0.1) is 22.9 Å². The van der Waals surface area contributed by atoms with Crippen LogP contribution in [0.25, 0.3) is 0 Å². The zero-order valence-corrected chi connectivity index (χ0v) is 19.1. The van der Waals surface area contributed by atoms with Crippen molar-refractivity contribution >= 4 is 37.5 Å². The molecule has 2 amide bonds. The smallest absolute Gasteiger partial charge is 0.267 e. The molecule has 1 heterocycles. The van der Waals surface area contributed by atoms with Crippen molar-refractivity contribution in [3.05, 3.63) is 65.7 Å². The van der Waals surface area contributed by atoms with Crippen LogP contribution in [0.15, 0.2) is 59.5 Å². The van der Waals surface area contributed by atoms with Gasteiger partial charge in [0, 0.05) is 18.5 Å². The molecule has 2 aromatic carbocycles. The van der Waals surface area contributed by atoms with E-state index in [1.165, 1.54) is 36.4 Å². The Morgan fingerprint density at radius 2 is 1.64 bits per heavy atom. The van der Waals surface area contributed by atoms with E-state index < -0.39 is 61.4 Å². The lowest BCUT2D eigenvalue weighted by molar-refractivity contribution is -0.132. The third-order valence-corrected chi connectivity index (χ3v) is 8.54. The number of ketones is 1. The number of carbonyl (C=O) groups excluding carboxylic acids is 3. The molecule has 3 N–H and O–H groups in total. The molecule has 0 saturated carbocycles. The van der Waals surface area contributed by atoms with Crippen molar-refractivity contribution in [3.8, 4) is 0 Å². The van der Waals surface area contributed by atoms with Gasteiger partial charge >= 0.3 is 0 Å². The van der Waals surface area contributed by atoms with Gasteiger partial charge < -0.3 is 11.1 Å². The van der Waals surface area contributed by atoms with Gasteiger partial charge in [0.1, 0.15) is 6.04 Å². The van der Waals surface area contributed by atoms with Crippen molar-refractivity contribution < 1.29 is 31.2 Å². The third kappa shape index (κ3) is 5.64. The van der Waals surface area contributed by atoms with Crippen molar-refractivity contribution in [2.45, 2.75) is 23.1 Å². The fourth-order valence-corrected chi connectivity index (χ4v) is 6.48. The van der Waals surface area contributed by atoms with Crippen molar-refractivity contribution in [2.75, 3.05) is 18.8 Å². The van der Waals surface area contributed by atoms with E-state index in [1.54, 1.807) is 18.2 Å². The Hall–Kier alpha value is -3.09. The van der Waals surface area contributed by atoms with Gasteiger partial charge in [-0.15, -0.1) is 0 Å². The maximum atomic E-state index is 13.2. The lowest BCUT2D eigenvalue weighted by Gasteiger charge is -2.27. The number of rotatable bonds is 9. The zero-order chi connectivity index (χ0) is 24.2. The minimum Gasteiger partial charge on any atom is -0.366 e. The first-order valence-electron chi connectivity index (χ1n) is 9.97. The van der Waals surface area contributed by atoms with Crippen LogP contribution >= 0.6 is 0 Å². The van der Waals surface area contributed by atoms with Gasteiger partial charge in [-0.25, -0.2) is 21.1 Å². The summed E-state index contributed by atoms with van der Waals surface area (Å²) in [5.74, 6) is -3.50. The Kier molecular flexibility index (Phi) is 7.30. The normalized spacial score (nSPS) is 16.5. The number of hydrogen-bond acceptors (Lipinski definition) is 8. The average molecular weight is 494 g/mol. The second-order valence-corrected chi connectivity index (χ2v) is 11.5. The summed E-state index contributed by atoms with van der Waals surface area (Å²) in [6.45, 7) is -0.156. The maximum absolute atomic E-state index is 13.2. The molecule has 0 aromatic heterocycles. The highest BCUT2D eigenvalue weighted by Crippen LogP contribution is 2.22. The number of sulfonamides is 1. The van der Waals surface area contributed by atoms with Crippen LogP contribution in [0.4, 0.5) is 0 Å². The van der Waals surface area contributed by atoms with Crippen LogP contribution in [0.3, 0.4) is 0 Å². The fraction of sp³-hybridized carbons (Fsp3) is 0.286. The minimum absolute atomic E-state index is 0.0447. The van der Waals surface area contributed by atoms with Crippen LogP contribution in [0.5, 0.6) is 0 Å².